The zero-order chi connectivity index (χ0) is 16.6. The topological polar surface area (TPSA) is 56.6 Å². The smallest absolute Gasteiger partial charge is 0.272 e. The number of carbonyl (C=O) groups is 1. The van der Waals surface area contributed by atoms with Crippen molar-refractivity contribution in [3.63, 3.8) is 0 Å². The highest BCUT2D eigenvalue weighted by Gasteiger charge is 2.53. The van der Waals surface area contributed by atoms with Crippen LogP contribution >= 0.6 is 0 Å². The van der Waals surface area contributed by atoms with Gasteiger partial charge in [-0.3, -0.25) is 9.48 Å². The van der Waals surface area contributed by atoms with Gasteiger partial charge in [-0.1, -0.05) is 0 Å². The van der Waals surface area contributed by atoms with Crippen LogP contribution in [0, 0.1) is 0 Å². The largest absolute Gasteiger partial charge is 0.381 e. The molecule has 1 aromatic rings. The van der Waals surface area contributed by atoms with Crippen LogP contribution in [0.3, 0.4) is 0 Å². The Labute approximate surface area is 137 Å². The Bertz CT molecular complexity index is 571. The molecule has 0 radical (unpaired) electrons. The van der Waals surface area contributed by atoms with Crippen LogP contribution in [-0.2, 0) is 9.47 Å². The number of fused-ring (bicyclic) bond motifs is 1. The van der Waals surface area contributed by atoms with Crippen molar-refractivity contribution < 1.29 is 14.3 Å². The van der Waals surface area contributed by atoms with E-state index >= 15 is 0 Å². The van der Waals surface area contributed by atoms with Crippen molar-refractivity contribution in [2.45, 2.75) is 63.3 Å². The molecule has 1 saturated carbocycles. The molecular weight excluding hydrogens is 294 g/mol. The number of nitrogens with zero attached hydrogens (tertiary/aromatic N) is 3. The maximum absolute atomic E-state index is 13.1. The predicted molar refractivity (Wildman–Crippen MR) is 86.4 cm³/mol. The summed E-state index contributed by atoms with van der Waals surface area (Å²) in [5.74, 6) is 0.0527. The van der Waals surface area contributed by atoms with Gasteiger partial charge in [-0.2, -0.15) is 5.10 Å². The minimum absolute atomic E-state index is 0.0527. The van der Waals surface area contributed by atoms with Crippen LogP contribution < -0.4 is 0 Å². The van der Waals surface area contributed by atoms with Gasteiger partial charge in [-0.05, 0) is 45.6 Å². The Hall–Kier alpha value is -1.40. The molecule has 0 unspecified atom stereocenters. The van der Waals surface area contributed by atoms with E-state index in [-0.39, 0.29) is 29.7 Å². The van der Waals surface area contributed by atoms with E-state index in [0.717, 1.165) is 32.2 Å². The van der Waals surface area contributed by atoms with Gasteiger partial charge < -0.3 is 14.4 Å². The maximum atomic E-state index is 13.1. The van der Waals surface area contributed by atoms with Gasteiger partial charge in [-0.15, -0.1) is 0 Å². The number of hydrogen-bond donors (Lipinski definition) is 0. The van der Waals surface area contributed by atoms with Crippen molar-refractivity contribution in [2.24, 2.45) is 0 Å². The van der Waals surface area contributed by atoms with E-state index in [4.69, 9.17) is 9.47 Å². The van der Waals surface area contributed by atoms with Gasteiger partial charge in [0, 0.05) is 33.0 Å². The molecule has 23 heavy (non-hydrogen) atoms. The fourth-order valence-electron chi connectivity index (χ4n) is 4.16. The number of hydrogen-bond acceptors (Lipinski definition) is 4. The molecule has 6 heteroatoms. The standard InChI is InChI=1S/C17H27N3O3/c1-12(2)20-14(6-9-18-20)16(21)19-10-8-17(23-4)7-5-13(22-3)11-15(17)19/h6,9,12-13,15H,5,7-8,10-11H2,1-4H3/t13-,15-,17+/m0/s1. The van der Waals surface area contributed by atoms with E-state index < -0.39 is 0 Å². The molecule has 2 aliphatic rings. The summed E-state index contributed by atoms with van der Waals surface area (Å²) in [6.07, 6.45) is 5.57. The highest BCUT2D eigenvalue weighted by Crippen LogP contribution is 2.43. The highest BCUT2D eigenvalue weighted by atomic mass is 16.5. The van der Waals surface area contributed by atoms with Gasteiger partial charge in [-0.25, -0.2) is 0 Å². The van der Waals surface area contributed by atoms with E-state index in [0.29, 0.717) is 5.69 Å². The Kier molecular flexibility index (Phi) is 4.47. The molecule has 0 bridgehead atoms. The zero-order valence-corrected chi connectivity index (χ0v) is 14.5. The fourth-order valence-corrected chi connectivity index (χ4v) is 4.16. The van der Waals surface area contributed by atoms with Gasteiger partial charge >= 0.3 is 0 Å². The molecule has 1 aliphatic carbocycles. The molecule has 1 aliphatic heterocycles. The van der Waals surface area contributed by atoms with Crippen LogP contribution in [0.1, 0.15) is 56.1 Å². The third-order valence-electron chi connectivity index (χ3n) is 5.51. The molecule has 2 heterocycles. The van der Waals surface area contributed by atoms with Crippen molar-refractivity contribution in [2.75, 3.05) is 20.8 Å². The molecule has 3 atom stereocenters. The summed E-state index contributed by atoms with van der Waals surface area (Å²) in [6, 6.07) is 2.05. The fraction of sp³-hybridized carbons (Fsp3) is 0.765. The molecule has 0 spiro atoms. The van der Waals surface area contributed by atoms with Crippen molar-refractivity contribution in [1.29, 1.82) is 0 Å². The summed E-state index contributed by atoms with van der Waals surface area (Å²) < 4.78 is 13.3. The molecule has 0 N–H and O–H groups in total. The van der Waals surface area contributed by atoms with Gasteiger partial charge in [0.05, 0.1) is 17.7 Å². The second kappa shape index (κ2) is 6.24. The van der Waals surface area contributed by atoms with Gasteiger partial charge in [0.15, 0.2) is 0 Å². The predicted octanol–water partition coefficient (Wildman–Crippen LogP) is 2.26. The Balaban J connectivity index is 1.87. The number of aromatic nitrogens is 2. The van der Waals surface area contributed by atoms with Crippen LogP contribution in [0.4, 0.5) is 0 Å². The summed E-state index contributed by atoms with van der Waals surface area (Å²) >= 11 is 0. The van der Waals surface area contributed by atoms with Crippen LogP contribution in [-0.4, -0.2) is 59.1 Å². The molecular formula is C17H27N3O3. The first-order chi connectivity index (χ1) is 11.0. The van der Waals surface area contributed by atoms with Crippen LogP contribution in [0.2, 0.25) is 0 Å². The van der Waals surface area contributed by atoms with Crippen LogP contribution in [0.15, 0.2) is 12.3 Å². The number of likely N-dealkylation sites (tertiary alicyclic amines) is 1. The van der Waals surface area contributed by atoms with Crippen molar-refractivity contribution in [3.05, 3.63) is 18.0 Å². The number of amides is 1. The molecule has 1 amide bonds. The van der Waals surface area contributed by atoms with Crippen molar-refractivity contribution in [1.82, 2.24) is 14.7 Å². The van der Waals surface area contributed by atoms with E-state index in [1.165, 1.54) is 0 Å². The molecule has 2 fully saturated rings. The second-order valence-corrected chi connectivity index (χ2v) is 6.92. The lowest BCUT2D eigenvalue weighted by Gasteiger charge is -2.43. The first-order valence-corrected chi connectivity index (χ1v) is 8.45. The number of methoxy groups -OCH3 is 2. The normalized spacial score (nSPS) is 30.7. The van der Waals surface area contributed by atoms with Crippen molar-refractivity contribution >= 4 is 5.91 Å². The zero-order valence-electron chi connectivity index (χ0n) is 14.5. The first kappa shape index (κ1) is 16.5. The Morgan fingerprint density at radius 3 is 2.83 bits per heavy atom. The number of ether oxygens (including phenoxy) is 2. The van der Waals surface area contributed by atoms with E-state index in [2.05, 4.69) is 5.10 Å². The second-order valence-electron chi connectivity index (χ2n) is 6.92. The van der Waals surface area contributed by atoms with Gasteiger partial charge in [0.2, 0.25) is 0 Å². The third-order valence-corrected chi connectivity index (χ3v) is 5.51. The average molecular weight is 321 g/mol. The minimum atomic E-state index is -0.215. The molecule has 3 rings (SSSR count). The van der Waals surface area contributed by atoms with Crippen LogP contribution in [0.25, 0.3) is 0 Å². The Morgan fingerprint density at radius 2 is 2.17 bits per heavy atom. The van der Waals surface area contributed by atoms with Crippen molar-refractivity contribution in [3.8, 4) is 0 Å². The van der Waals surface area contributed by atoms with E-state index in [9.17, 15) is 4.79 Å². The van der Waals surface area contributed by atoms with Gasteiger partial charge in [0.1, 0.15) is 5.69 Å². The number of carbonyl (C=O) groups excluding carboxylic acids is 1. The maximum Gasteiger partial charge on any atom is 0.272 e. The highest BCUT2D eigenvalue weighted by molar-refractivity contribution is 5.93. The third kappa shape index (κ3) is 2.68. The lowest BCUT2D eigenvalue weighted by Crippen LogP contribution is -2.53. The average Bonchev–Trinajstić information content (AvgIpc) is 3.18. The Morgan fingerprint density at radius 1 is 1.39 bits per heavy atom. The summed E-state index contributed by atoms with van der Waals surface area (Å²) in [5.41, 5.74) is 0.444. The molecule has 1 aromatic heterocycles. The number of rotatable bonds is 4. The lowest BCUT2D eigenvalue weighted by atomic mass is 9.79. The SMILES string of the molecule is CO[C@H]1CC[C@@]2(OC)CCN(C(=O)c3ccnn3C(C)C)[C@H]2C1. The van der Waals surface area contributed by atoms with Crippen LogP contribution in [0.5, 0.6) is 0 Å². The molecule has 128 valence electrons. The summed E-state index contributed by atoms with van der Waals surface area (Å²) in [7, 11) is 3.52. The molecule has 0 aromatic carbocycles. The minimum Gasteiger partial charge on any atom is -0.381 e. The quantitative estimate of drug-likeness (QED) is 0.853. The summed E-state index contributed by atoms with van der Waals surface area (Å²) in [5, 5.41) is 4.29. The first-order valence-electron chi connectivity index (χ1n) is 8.45. The lowest BCUT2D eigenvalue weighted by molar-refractivity contribution is -0.0894. The monoisotopic (exact) mass is 321 g/mol. The van der Waals surface area contributed by atoms with Gasteiger partial charge in [0.25, 0.3) is 5.91 Å². The van der Waals surface area contributed by atoms with E-state index in [1.807, 2.05) is 24.8 Å². The molecule has 1 saturated heterocycles. The summed E-state index contributed by atoms with van der Waals surface area (Å²) in [4.78, 5) is 15.1. The molecule has 6 nitrogen and oxygen atoms in total. The van der Waals surface area contributed by atoms with E-state index in [1.54, 1.807) is 25.1 Å². The summed E-state index contributed by atoms with van der Waals surface area (Å²) in [6.45, 7) is 4.81.